The van der Waals surface area contributed by atoms with E-state index in [2.05, 4.69) is 0 Å². The van der Waals surface area contributed by atoms with E-state index in [9.17, 15) is 4.79 Å². The molecule has 1 rings (SSSR count). The molecular formula is C9H10O4. The molecule has 0 saturated heterocycles. The highest BCUT2D eigenvalue weighted by molar-refractivity contribution is 5.89. The standard InChI is InChI=1S/C9H10O4/c10-4-6-2-1-3-7(9(12)13)8(6)5-11/h1-3,10-11H,4-5H2,(H,12,13). The lowest BCUT2D eigenvalue weighted by Gasteiger charge is -2.07. The van der Waals surface area contributed by atoms with Crippen molar-refractivity contribution in [2.45, 2.75) is 13.2 Å². The fourth-order valence-electron chi connectivity index (χ4n) is 1.17. The van der Waals surface area contributed by atoms with Crippen LogP contribution in [-0.2, 0) is 13.2 Å². The fraction of sp³-hybridized carbons (Fsp3) is 0.222. The summed E-state index contributed by atoms with van der Waals surface area (Å²) < 4.78 is 0. The summed E-state index contributed by atoms with van der Waals surface area (Å²) in [5.41, 5.74) is 0.758. The molecule has 3 N–H and O–H groups in total. The van der Waals surface area contributed by atoms with E-state index >= 15 is 0 Å². The average Bonchev–Trinajstić information content (AvgIpc) is 2.16. The van der Waals surface area contributed by atoms with Gasteiger partial charge in [0.05, 0.1) is 18.8 Å². The van der Waals surface area contributed by atoms with Crippen molar-refractivity contribution in [1.29, 1.82) is 0 Å². The zero-order valence-electron chi connectivity index (χ0n) is 6.90. The number of aliphatic hydroxyl groups excluding tert-OH is 2. The molecule has 4 heteroatoms. The molecule has 0 atom stereocenters. The summed E-state index contributed by atoms with van der Waals surface area (Å²) in [5.74, 6) is -1.10. The molecule has 13 heavy (non-hydrogen) atoms. The van der Waals surface area contributed by atoms with E-state index in [0.29, 0.717) is 5.56 Å². The number of rotatable bonds is 3. The van der Waals surface area contributed by atoms with Crippen LogP contribution < -0.4 is 0 Å². The van der Waals surface area contributed by atoms with Gasteiger partial charge < -0.3 is 15.3 Å². The third-order valence-electron chi connectivity index (χ3n) is 1.83. The van der Waals surface area contributed by atoms with Crippen molar-refractivity contribution in [3.05, 3.63) is 34.9 Å². The molecule has 0 bridgehead atoms. The van der Waals surface area contributed by atoms with Crippen LogP contribution in [0.1, 0.15) is 21.5 Å². The second-order valence-electron chi connectivity index (χ2n) is 2.56. The van der Waals surface area contributed by atoms with Crippen molar-refractivity contribution in [2.24, 2.45) is 0 Å². The monoisotopic (exact) mass is 182 g/mol. The second kappa shape index (κ2) is 4.02. The first-order valence-corrected chi connectivity index (χ1v) is 3.76. The van der Waals surface area contributed by atoms with E-state index in [1.165, 1.54) is 12.1 Å². The summed E-state index contributed by atoms with van der Waals surface area (Å²) in [4.78, 5) is 10.7. The van der Waals surface area contributed by atoms with Gasteiger partial charge in [-0.25, -0.2) is 4.79 Å². The van der Waals surface area contributed by atoms with Crippen LogP contribution in [0.4, 0.5) is 0 Å². The van der Waals surface area contributed by atoms with Crippen molar-refractivity contribution in [2.75, 3.05) is 0 Å². The average molecular weight is 182 g/mol. The molecule has 0 spiro atoms. The molecule has 0 amide bonds. The third kappa shape index (κ3) is 1.85. The highest BCUT2D eigenvalue weighted by Gasteiger charge is 2.11. The van der Waals surface area contributed by atoms with E-state index in [4.69, 9.17) is 15.3 Å². The molecule has 0 aliphatic carbocycles. The SMILES string of the molecule is O=C(O)c1cccc(CO)c1CO. The number of hydrogen-bond donors (Lipinski definition) is 3. The van der Waals surface area contributed by atoms with E-state index in [1.54, 1.807) is 6.07 Å². The molecule has 0 aliphatic rings. The van der Waals surface area contributed by atoms with Crippen LogP contribution in [-0.4, -0.2) is 21.3 Å². The predicted molar refractivity (Wildman–Crippen MR) is 45.2 cm³/mol. The first kappa shape index (κ1) is 9.70. The van der Waals surface area contributed by atoms with Crippen LogP contribution in [0.2, 0.25) is 0 Å². The Morgan fingerprint density at radius 3 is 2.38 bits per heavy atom. The summed E-state index contributed by atoms with van der Waals surface area (Å²) in [7, 11) is 0. The molecular weight excluding hydrogens is 172 g/mol. The maximum atomic E-state index is 10.7. The quantitative estimate of drug-likeness (QED) is 0.631. The van der Waals surface area contributed by atoms with Crippen LogP contribution >= 0.6 is 0 Å². The van der Waals surface area contributed by atoms with Gasteiger partial charge in [-0.3, -0.25) is 0 Å². The lowest BCUT2D eigenvalue weighted by Crippen LogP contribution is -2.05. The summed E-state index contributed by atoms with van der Waals surface area (Å²) in [6.07, 6.45) is 0. The number of aliphatic hydroxyl groups is 2. The lowest BCUT2D eigenvalue weighted by molar-refractivity contribution is 0.0693. The summed E-state index contributed by atoms with van der Waals surface area (Å²) in [5, 5.41) is 26.5. The highest BCUT2D eigenvalue weighted by atomic mass is 16.4. The minimum absolute atomic E-state index is 0.0362. The summed E-state index contributed by atoms with van der Waals surface area (Å²) in [6.45, 7) is -0.643. The topological polar surface area (TPSA) is 77.8 Å². The van der Waals surface area contributed by atoms with Crippen LogP contribution in [0.5, 0.6) is 0 Å². The van der Waals surface area contributed by atoms with Gasteiger partial charge in [0.1, 0.15) is 0 Å². The van der Waals surface area contributed by atoms with Crippen LogP contribution in [0.15, 0.2) is 18.2 Å². The molecule has 0 radical (unpaired) electrons. The van der Waals surface area contributed by atoms with Crippen molar-refractivity contribution in [3.63, 3.8) is 0 Å². The Kier molecular flexibility index (Phi) is 3.00. The Balaban J connectivity index is 3.27. The largest absolute Gasteiger partial charge is 0.478 e. The molecule has 0 unspecified atom stereocenters. The van der Waals surface area contributed by atoms with Gasteiger partial charge in [0.25, 0.3) is 0 Å². The van der Waals surface area contributed by atoms with Gasteiger partial charge >= 0.3 is 5.97 Å². The summed E-state index contributed by atoms with van der Waals surface area (Å²) in [6, 6.07) is 4.51. The highest BCUT2D eigenvalue weighted by Crippen LogP contribution is 2.15. The van der Waals surface area contributed by atoms with E-state index < -0.39 is 5.97 Å². The predicted octanol–water partition coefficient (Wildman–Crippen LogP) is 0.369. The molecule has 1 aromatic rings. The van der Waals surface area contributed by atoms with Gasteiger partial charge in [0.15, 0.2) is 0 Å². The molecule has 0 saturated carbocycles. The number of aromatic carboxylic acids is 1. The third-order valence-corrected chi connectivity index (χ3v) is 1.83. The number of carboxylic acid groups (broad SMARTS) is 1. The van der Waals surface area contributed by atoms with Crippen LogP contribution in [0, 0.1) is 0 Å². The van der Waals surface area contributed by atoms with E-state index in [-0.39, 0.29) is 24.3 Å². The minimum Gasteiger partial charge on any atom is -0.478 e. The molecule has 1 aromatic carbocycles. The van der Waals surface area contributed by atoms with Crippen molar-refractivity contribution in [3.8, 4) is 0 Å². The van der Waals surface area contributed by atoms with Gasteiger partial charge in [-0.05, 0) is 17.2 Å². The molecule has 0 fully saturated rings. The minimum atomic E-state index is -1.10. The van der Waals surface area contributed by atoms with Crippen molar-refractivity contribution < 1.29 is 20.1 Å². The Morgan fingerprint density at radius 2 is 1.92 bits per heavy atom. The van der Waals surface area contributed by atoms with Gasteiger partial charge in [-0.2, -0.15) is 0 Å². The second-order valence-corrected chi connectivity index (χ2v) is 2.56. The van der Waals surface area contributed by atoms with E-state index in [1.807, 2.05) is 0 Å². The number of benzene rings is 1. The van der Waals surface area contributed by atoms with Gasteiger partial charge in [0, 0.05) is 0 Å². The number of carboxylic acids is 1. The van der Waals surface area contributed by atoms with Gasteiger partial charge in [-0.1, -0.05) is 12.1 Å². The Labute approximate surface area is 75.1 Å². The number of carbonyl (C=O) groups is 1. The molecule has 0 aromatic heterocycles. The first-order chi connectivity index (χ1) is 6.20. The van der Waals surface area contributed by atoms with Gasteiger partial charge in [-0.15, -0.1) is 0 Å². The van der Waals surface area contributed by atoms with Crippen molar-refractivity contribution >= 4 is 5.97 Å². The molecule has 70 valence electrons. The number of hydrogen-bond acceptors (Lipinski definition) is 3. The zero-order valence-corrected chi connectivity index (χ0v) is 6.90. The first-order valence-electron chi connectivity index (χ1n) is 3.76. The Hall–Kier alpha value is -1.39. The van der Waals surface area contributed by atoms with Crippen molar-refractivity contribution in [1.82, 2.24) is 0 Å². The van der Waals surface area contributed by atoms with Crippen LogP contribution in [0.3, 0.4) is 0 Å². The normalized spacial score (nSPS) is 10.0. The fourth-order valence-corrected chi connectivity index (χ4v) is 1.17. The lowest BCUT2D eigenvalue weighted by atomic mass is 10.0. The maximum Gasteiger partial charge on any atom is 0.336 e. The zero-order chi connectivity index (χ0) is 9.84. The van der Waals surface area contributed by atoms with Gasteiger partial charge in [0.2, 0.25) is 0 Å². The molecule has 4 nitrogen and oxygen atoms in total. The Morgan fingerprint density at radius 1 is 1.23 bits per heavy atom. The molecule has 0 aliphatic heterocycles. The van der Waals surface area contributed by atoms with Crippen LogP contribution in [0.25, 0.3) is 0 Å². The Bertz CT molecular complexity index is 319. The molecule has 0 heterocycles. The van der Waals surface area contributed by atoms with E-state index in [0.717, 1.165) is 0 Å². The smallest absolute Gasteiger partial charge is 0.336 e. The maximum absolute atomic E-state index is 10.7. The summed E-state index contributed by atoms with van der Waals surface area (Å²) >= 11 is 0.